The lowest BCUT2D eigenvalue weighted by Gasteiger charge is -2.38. The lowest BCUT2D eigenvalue weighted by molar-refractivity contribution is 0.300. The molecule has 2 aromatic rings. The summed E-state index contributed by atoms with van der Waals surface area (Å²) in [7, 11) is 0. The van der Waals surface area contributed by atoms with Crippen molar-refractivity contribution in [2.75, 3.05) is 6.54 Å². The molecule has 1 aromatic heterocycles. The first-order valence-corrected chi connectivity index (χ1v) is 7.15. The molecule has 3 rings (SSSR count). The molecule has 1 aliphatic carbocycles. The fraction of sp³-hybridized carbons (Fsp3) is 0.438. The molecule has 3 nitrogen and oxygen atoms in total. The smallest absolute Gasteiger partial charge is 0.0683 e. The van der Waals surface area contributed by atoms with E-state index in [0.29, 0.717) is 0 Å². The third-order valence-corrected chi connectivity index (χ3v) is 4.43. The first-order chi connectivity index (χ1) is 9.36. The van der Waals surface area contributed by atoms with Crippen LogP contribution in [0.2, 0.25) is 0 Å². The van der Waals surface area contributed by atoms with E-state index in [4.69, 9.17) is 5.73 Å². The van der Waals surface area contributed by atoms with E-state index >= 15 is 0 Å². The Morgan fingerprint density at radius 1 is 1.11 bits per heavy atom. The molecule has 1 saturated carbocycles. The number of benzene rings is 1. The Balaban J connectivity index is 2.09. The second-order valence-electron chi connectivity index (χ2n) is 5.51. The van der Waals surface area contributed by atoms with Gasteiger partial charge in [-0.2, -0.15) is 5.10 Å². The summed E-state index contributed by atoms with van der Waals surface area (Å²) in [6, 6.07) is 10.5. The van der Waals surface area contributed by atoms with Gasteiger partial charge in [-0.15, -0.1) is 0 Å². The van der Waals surface area contributed by atoms with Gasteiger partial charge in [-0.1, -0.05) is 37.5 Å². The van der Waals surface area contributed by atoms with E-state index in [2.05, 4.69) is 29.4 Å². The summed E-state index contributed by atoms with van der Waals surface area (Å²) in [6.45, 7) is 0.727. The van der Waals surface area contributed by atoms with Crippen LogP contribution in [0.1, 0.15) is 37.7 Å². The van der Waals surface area contributed by atoms with Crippen molar-refractivity contribution in [2.45, 2.75) is 37.5 Å². The topological polar surface area (TPSA) is 43.8 Å². The summed E-state index contributed by atoms with van der Waals surface area (Å²) in [5.74, 6) is 0. The molecule has 19 heavy (non-hydrogen) atoms. The highest BCUT2D eigenvalue weighted by atomic mass is 15.3. The third-order valence-electron chi connectivity index (χ3n) is 4.43. The molecule has 0 saturated heterocycles. The number of aromatic nitrogens is 2. The molecule has 0 bridgehead atoms. The molecule has 0 aliphatic heterocycles. The summed E-state index contributed by atoms with van der Waals surface area (Å²) in [6.07, 6.45) is 10.1. The fourth-order valence-electron chi connectivity index (χ4n) is 3.35. The molecule has 1 heterocycles. The van der Waals surface area contributed by atoms with Crippen LogP contribution in [0.15, 0.2) is 42.7 Å². The van der Waals surface area contributed by atoms with Gasteiger partial charge < -0.3 is 5.73 Å². The Labute approximate surface area is 114 Å². The predicted molar refractivity (Wildman–Crippen MR) is 77.4 cm³/mol. The second-order valence-corrected chi connectivity index (χ2v) is 5.51. The van der Waals surface area contributed by atoms with Gasteiger partial charge in [-0.05, 0) is 30.5 Å². The Hall–Kier alpha value is -1.61. The Morgan fingerprint density at radius 3 is 2.58 bits per heavy atom. The van der Waals surface area contributed by atoms with Crippen molar-refractivity contribution in [3.8, 4) is 5.69 Å². The van der Waals surface area contributed by atoms with Gasteiger partial charge in [0.2, 0.25) is 0 Å². The maximum absolute atomic E-state index is 6.16. The summed E-state index contributed by atoms with van der Waals surface area (Å²) in [5.41, 5.74) is 8.84. The Morgan fingerprint density at radius 2 is 1.89 bits per heavy atom. The van der Waals surface area contributed by atoms with Crippen LogP contribution < -0.4 is 5.73 Å². The van der Waals surface area contributed by atoms with Crippen LogP contribution in [0.5, 0.6) is 0 Å². The molecule has 0 spiro atoms. The predicted octanol–water partition coefficient (Wildman–Crippen LogP) is 3.03. The molecule has 0 unspecified atom stereocenters. The number of rotatable bonds is 3. The van der Waals surface area contributed by atoms with Gasteiger partial charge in [-0.3, -0.25) is 0 Å². The van der Waals surface area contributed by atoms with Crippen molar-refractivity contribution in [1.82, 2.24) is 9.78 Å². The standard InChI is InChI=1S/C16H21N3/c17-13-16(9-4-1-5-10-16)14-7-2-3-8-15(14)19-12-6-11-18-19/h2-3,6-8,11-12H,1,4-5,9-10,13,17H2. The fourth-order valence-corrected chi connectivity index (χ4v) is 3.35. The zero-order valence-corrected chi connectivity index (χ0v) is 11.3. The highest BCUT2D eigenvalue weighted by molar-refractivity contribution is 5.45. The largest absolute Gasteiger partial charge is 0.330 e. The van der Waals surface area contributed by atoms with Crippen molar-refractivity contribution >= 4 is 0 Å². The molecular weight excluding hydrogens is 234 g/mol. The van der Waals surface area contributed by atoms with Crippen LogP contribution in [0.3, 0.4) is 0 Å². The molecular formula is C16H21N3. The molecule has 3 heteroatoms. The van der Waals surface area contributed by atoms with E-state index in [1.807, 2.05) is 23.1 Å². The van der Waals surface area contributed by atoms with Crippen LogP contribution in [0.4, 0.5) is 0 Å². The van der Waals surface area contributed by atoms with E-state index in [1.54, 1.807) is 0 Å². The Bertz CT molecular complexity index is 525. The van der Waals surface area contributed by atoms with Gasteiger partial charge in [0.25, 0.3) is 0 Å². The summed E-state index contributed by atoms with van der Waals surface area (Å²) in [5, 5.41) is 4.38. The first kappa shape index (κ1) is 12.4. The molecule has 2 N–H and O–H groups in total. The average molecular weight is 255 g/mol. The van der Waals surface area contributed by atoms with Crippen molar-refractivity contribution in [3.05, 3.63) is 48.3 Å². The van der Waals surface area contributed by atoms with Crippen molar-refractivity contribution in [1.29, 1.82) is 0 Å². The normalized spacial score (nSPS) is 18.4. The van der Waals surface area contributed by atoms with Gasteiger partial charge in [0, 0.05) is 24.4 Å². The van der Waals surface area contributed by atoms with Crippen molar-refractivity contribution < 1.29 is 0 Å². The summed E-state index contributed by atoms with van der Waals surface area (Å²) in [4.78, 5) is 0. The van der Waals surface area contributed by atoms with E-state index in [-0.39, 0.29) is 5.41 Å². The number of hydrogen-bond acceptors (Lipinski definition) is 2. The highest BCUT2D eigenvalue weighted by Crippen LogP contribution is 2.40. The average Bonchev–Trinajstić information content (AvgIpc) is 3.02. The molecule has 100 valence electrons. The third kappa shape index (κ3) is 2.19. The number of para-hydroxylation sites is 1. The maximum Gasteiger partial charge on any atom is 0.0683 e. The molecule has 0 amide bonds. The monoisotopic (exact) mass is 255 g/mol. The van der Waals surface area contributed by atoms with E-state index in [0.717, 1.165) is 6.54 Å². The van der Waals surface area contributed by atoms with Gasteiger partial charge in [0.05, 0.1) is 5.69 Å². The van der Waals surface area contributed by atoms with Crippen LogP contribution >= 0.6 is 0 Å². The maximum atomic E-state index is 6.16. The van der Waals surface area contributed by atoms with Crippen molar-refractivity contribution in [2.24, 2.45) is 5.73 Å². The lowest BCUT2D eigenvalue weighted by atomic mass is 9.69. The van der Waals surface area contributed by atoms with E-state index in [1.165, 1.54) is 43.4 Å². The summed E-state index contributed by atoms with van der Waals surface area (Å²) < 4.78 is 1.96. The first-order valence-electron chi connectivity index (χ1n) is 7.15. The SMILES string of the molecule is NCC1(c2ccccc2-n2cccn2)CCCCC1. The lowest BCUT2D eigenvalue weighted by Crippen LogP contribution is -2.38. The van der Waals surface area contributed by atoms with E-state index < -0.39 is 0 Å². The minimum atomic E-state index is 0.140. The number of nitrogens with two attached hydrogens (primary N) is 1. The van der Waals surface area contributed by atoms with Gasteiger partial charge in [-0.25, -0.2) is 4.68 Å². The second kappa shape index (κ2) is 5.17. The molecule has 0 atom stereocenters. The minimum absolute atomic E-state index is 0.140. The molecule has 1 fully saturated rings. The summed E-state index contributed by atoms with van der Waals surface area (Å²) >= 11 is 0. The van der Waals surface area contributed by atoms with Gasteiger partial charge >= 0.3 is 0 Å². The van der Waals surface area contributed by atoms with Crippen molar-refractivity contribution in [3.63, 3.8) is 0 Å². The minimum Gasteiger partial charge on any atom is -0.330 e. The molecule has 1 aromatic carbocycles. The van der Waals surface area contributed by atoms with Gasteiger partial charge in [0.1, 0.15) is 0 Å². The number of hydrogen-bond donors (Lipinski definition) is 1. The quantitative estimate of drug-likeness (QED) is 0.916. The molecule has 0 radical (unpaired) electrons. The number of nitrogens with zero attached hydrogens (tertiary/aromatic N) is 2. The van der Waals surface area contributed by atoms with E-state index in [9.17, 15) is 0 Å². The zero-order chi connectivity index (χ0) is 13.1. The van der Waals surface area contributed by atoms with Gasteiger partial charge in [0.15, 0.2) is 0 Å². The highest BCUT2D eigenvalue weighted by Gasteiger charge is 2.34. The Kier molecular flexibility index (Phi) is 3.38. The zero-order valence-electron chi connectivity index (χ0n) is 11.3. The van der Waals surface area contributed by atoms with Crippen LogP contribution in [-0.2, 0) is 5.41 Å². The van der Waals surface area contributed by atoms with Crippen LogP contribution in [0, 0.1) is 0 Å². The molecule has 1 aliphatic rings. The van der Waals surface area contributed by atoms with Crippen LogP contribution in [-0.4, -0.2) is 16.3 Å². The van der Waals surface area contributed by atoms with Crippen LogP contribution in [0.25, 0.3) is 5.69 Å².